The monoisotopic (exact) mass is 410 g/mol. The maximum absolute atomic E-state index is 15.5. The first-order chi connectivity index (χ1) is 14.4. The minimum Gasteiger partial charge on any atom is -0.367 e. The van der Waals surface area contributed by atoms with Gasteiger partial charge in [0.2, 0.25) is 5.91 Å². The molecule has 0 radical (unpaired) electrons. The molecule has 0 bridgehead atoms. The molecule has 1 aromatic carbocycles. The van der Waals surface area contributed by atoms with Crippen LogP contribution in [-0.4, -0.2) is 35.9 Å². The van der Waals surface area contributed by atoms with E-state index < -0.39 is 11.7 Å². The van der Waals surface area contributed by atoms with E-state index in [1.807, 2.05) is 4.90 Å². The molecule has 2 amide bonds. The number of primary amides is 1. The fourth-order valence-electron chi connectivity index (χ4n) is 5.37. The number of hydrogen-bond donors (Lipinski definition) is 3. The summed E-state index contributed by atoms with van der Waals surface area (Å²) < 4.78 is 15.5. The third-order valence-electron chi connectivity index (χ3n) is 7.14. The van der Waals surface area contributed by atoms with E-state index in [1.54, 1.807) is 0 Å². The molecular formula is C23H27FN4O2. The Hall–Kier alpha value is -2.83. The van der Waals surface area contributed by atoms with Gasteiger partial charge in [0.05, 0.1) is 16.8 Å². The molecular weight excluding hydrogens is 383 g/mol. The lowest BCUT2D eigenvalue weighted by Crippen LogP contribution is -2.47. The second kappa shape index (κ2) is 6.86. The van der Waals surface area contributed by atoms with Crippen molar-refractivity contribution < 1.29 is 14.0 Å². The first-order valence-corrected chi connectivity index (χ1v) is 10.7. The number of fused-ring (bicyclic) bond motifs is 3. The molecule has 2 aromatic rings. The van der Waals surface area contributed by atoms with Gasteiger partial charge in [0.25, 0.3) is 5.91 Å². The van der Waals surface area contributed by atoms with Gasteiger partial charge in [-0.2, -0.15) is 0 Å². The number of anilines is 1. The summed E-state index contributed by atoms with van der Waals surface area (Å²) in [6, 6.07) is 1.19. The van der Waals surface area contributed by atoms with Gasteiger partial charge < -0.3 is 20.9 Å². The fourth-order valence-corrected chi connectivity index (χ4v) is 5.37. The number of hydrogen-bond acceptors (Lipinski definition) is 3. The number of benzene rings is 1. The molecule has 1 unspecified atom stereocenters. The molecule has 2 aliphatic carbocycles. The van der Waals surface area contributed by atoms with E-state index in [9.17, 15) is 9.59 Å². The Morgan fingerprint density at radius 3 is 2.87 bits per heavy atom. The maximum atomic E-state index is 15.5. The lowest BCUT2D eigenvalue weighted by molar-refractivity contribution is -0.117. The number of nitrogens with zero attached hydrogens (tertiary/aromatic N) is 1. The third kappa shape index (κ3) is 3.07. The molecule has 4 N–H and O–H groups in total. The van der Waals surface area contributed by atoms with Crippen molar-refractivity contribution in [1.82, 2.24) is 10.3 Å². The quantitative estimate of drug-likeness (QED) is 0.677. The Bertz CT molecular complexity index is 1070. The topological polar surface area (TPSA) is 91.2 Å². The summed E-state index contributed by atoms with van der Waals surface area (Å²) in [5.74, 6) is -1.27. The number of amides is 2. The van der Waals surface area contributed by atoms with E-state index in [0.717, 1.165) is 48.7 Å². The standard InChI is InChI=1S/C23H27FN4O2/c1-2-18(29)26-13-4-3-9-28(12-13)21-16(24)10-14(22(25)30)20-19(21)15-11-23(7-8-23)6-5-17(15)27-20/h2,10,13,27H,1,3-9,11-12H2,(H2,25,30)(H,26,29). The summed E-state index contributed by atoms with van der Waals surface area (Å²) in [5.41, 5.74) is 9.58. The highest BCUT2D eigenvalue weighted by molar-refractivity contribution is 6.10. The second-order valence-corrected chi connectivity index (χ2v) is 9.13. The Morgan fingerprint density at radius 2 is 2.17 bits per heavy atom. The number of H-pyrrole nitrogens is 1. The molecule has 2 heterocycles. The average Bonchev–Trinajstić information content (AvgIpc) is 3.38. The van der Waals surface area contributed by atoms with Gasteiger partial charge in [0.15, 0.2) is 0 Å². The van der Waals surface area contributed by atoms with Crippen LogP contribution in [0.25, 0.3) is 10.9 Å². The van der Waals surface area contributed by atoms with Gasteiger partial charge in [-0.15, -0.1) is 0 Å². The molecule has 158 valence electrons. The SMILES string of the molecule is C=CC(=O)NC1CCCN(c2c(F)cc(C(N)=O)c3[nH]c4c(c23)CC2(CC4)CC2)C1. The fraction of sp³-hybridized carbons (Fsp3) is 0.478. The molecule has 1 saturated carbocycles. The highest BCUT2D eigenvalue weighted by Gasteiger charge is 2.46. The van der Waals surface area contributed by atoms with Crippen LogP contribution >= 0.6 is 0 Å². The highest BCUT2D eigenvalue weighted by Crippen LogP contribution is 2.56. The number of carbonyl (C=O) groups is 2. The van der Waals surface area contributed by atoms with Gasteiger partial charge in [-0.05, 0) is 68.1 Å². The number of aromatic amines is 1. The number of nitrogens with two attached hydrogens (primary N) is 1. The van der Waals surface area contributed by atoms with Crippen LogP contribution in [0.1, 0.15) is 53.7 Å². The normalized spacial score (nSPS) is 22.0. The summed E-state index contributed by atoms with van der Waals surface area (Å²) in [6.07, 6.45) is 8.35. The van der Waals surface area contributed by atoms with Gasteiger partial charge in [-0.25, -0.2) is 4.39 Å². The molecule has 6 nitrogen and oxygen atoms in total. The minimum atomic E-state index is -0.625. The number of aromatic nitrogens is 1. The number of aryl methyl sites for hydroxylation is 1. The minimum absolute atomic E-state index is 0.0703. The highest BCUT2D eigenvalue weighted by atomic mass is 19.1. The molecule has 1 saturated heterocycles. The zero-order chi connectivity index (χ0) is 21.0. The molecule has 5 rings (SSSR count). The smallest absolute Gasteiger partial charge is 0.250 e. The molecule has 1 atom stereocenters. The summed E-state index contributed by atoms with van der Waals surface area (Å²) in [6.45, 7) is 4.73. The lowest BCUT2D eigenvalue weighted by Gasteiger charge is -2.35. The van der Waals surface area contributed by atoms with Crippen LogP contribution in [0.4, 0.5) is 10.1 Å². The lowest BCUT2D eigenvalue weighted by atomic mass is 9.83. The van der Waals surface area contributed by atoms with Crippen LogP contribution in [0.5, 0.6) is 0 Å². The first kappa shape index (κ1) is 19.2. The summed E-state index contributed by atoms with van der Waals surface area (Å²) >= 11 is 0. The van der Waals surface area contributed by atoms with Gasteiger partial charge in [-0.3, -0.25) is 9.59 Å². The van der Waals surface area contributed by atoms with Gasteiger partial charge in [-0.1, -0.05) is 6.58 Å². The average molecular weight is 410 g/mol. The van der Waals surface area contributed by atoms with Gasteiger partial charge >= 0.3 is 0 Å². The Morgan fingerprint density at radius 1 is 1.37 bits per heavy atom. The number of carbonyl (C=O) groups excluding carboxylic acids is 2. The van der Waals surface area contributed by atoms with Crippen molar-refractivity contribution in [2.45, 2.75) is 51.0 Å². The summed E-state index contributed by atoms with van der Waals surface area (Å²) in [7, 11) is 0. The van der Waals surface area contributed by atoms with Crippen molar-refractivity contribution in [1.29, 1.82) is 0 Å². The van der Waals surface area contributed by atoms with Crippen molar-refractivity contribution in [3.05, 3.63) is 41.4 Å². The van der Waals surface area contributed by atoms with Crippen LogP contribution in [0.15, 0.2) is 18.7 Å². The number of rotatable bonds is 4. The van der Waals surface area contributed by atoms with E-state index >= 15 is 4.39 Å². The largest absolute Gasteiger partial charge is 0.367 e. The van der Waals surface area contributed by atoms with Crippen molar-refractivity contribution >= 4 is 28.4 Å². The molecule has 3 aliphatic rings. The molecule has 2 fully saturated rings. The predicted octanol–water partition coefficient (Wildman–Crippen LogP) is 2.95. The summed E-state index contributed by atoms with van der Waals surface area (Å²) in [5, 5.41) is 3.75. The Balaban J connectivity index is 1.62. The van der Waals surface area contributed by atoms with Crippen molar-refractivity contribution in [2.24, 2.45) is 11.1 Å². The number of halogens is 1. The van der Waals surface area contributed by atoms with E-state index in [2.05, 4.69) is 16.9 Å². The van der Waals surface area contributed by atoms with Crippen LogP contribution < -0.4 is 16.0 Å². The van der Waals surface area contributed by atoms with E-state index in [-0.39, 0.29) is 17.5 Å². The number of piperidine rings is 1. The molecule has 1 spiro atoms. The Labute approximate surface area is 174 Å². The van der Waals surface area contributed by atoms with Crippen molar-refractivity contribution in [3.63, 3.8) is 0 Å². The van der Waals surface area contributed by atoms with E-state index in [4.69, 9.17) is 5.73 Å². The molecule has 7 heteroatoms. The zero-order valence-corrected chi connectivity index (χ0v) is 17.0. The van der Waals surface area contributed by atoms with Crippen LogP contribution in [-0.2, 0) is 17.6 Å². The summed E-state index contributed by atoms with van der Waals surface area (Å²) in [4.78, 5) is 29.3. The van der Waals surface area contributed by atoms with Crippen LogP contribution in [0.2, 0.25) is 0 Å². The molecule has 30 heavy (non-hydrogen) atoms. The molecule has 1 aromatic heterocycles. The predicted molar refractivity (Wildman–Crippen MR) is 114 cm³/mol. The van der Waals surface area contributed by atoms with Gasteiger partial charge in [0, 0.05) is 30.2 Å². The maximum Gasteiger partial charge on any atom is 0.250 e. The number of nitrogens with one attached hydrogen (secondary N) is 2. The van der Waals surface area contributed by atoms with Crippen LogP contribution in [0, 0.1) is 11.2 Å². The van der Waals surface area contributed by atoms with E-state index in [1.165, 1.54) is 25.0 Å². The van der Waals surface area contributed by atoms with Crippen LogP contribution in [0.3, 0.4) is 0 Å². The third-order valence-corrected chi connectivity index (χ3v) is 7.14. The first-order valence-electron chi connectivity index (χ1n) is 10.7. The second-order valence-electron chi connectivity index (χ2n) is 9.13. The molecule has 1 aliphatic heterocycles. The van der Waals surface area contributed by atoms with Gasteiger partial charge in [0.1, 0.15) is 5.82 Å². The van der Waals surface area contributed by atoms with Crippen molar-refractivity contribution in [3.8, 4) is 0 Å². The zero-order valence-electron chi connectivity index (χ0n) is 17.0. The van der Waals surface area contributed by atoms with Crippen molar-refractivity contribution in [2.75, 3.05) is 18.0 Å². The van der Waals surface area contributed by atoms with E-state index in [0.29, 0.717) is 29.7 Å². The Kier molecular flexibility index (Phi) is 4.38.